The highest BCUT2D eigenvalue weighted by Gasteiger charge is 2.49. The van der Waals surface area contributed by atoms with E-state index < -0.39 is 0 Å². The van der Waals surface area contributed by atoms with Gasteiger partial charge in [0.15, 0.2) is 11.6 Å². The SMILES string of the molecule is CN(c1cnc(-c2ccc(-n3cnc(C#N)n3)cc2O)nn1)[C@H]1C[C@]2(C)CC[C@](C)(C1)N2. The quantitative estimate of drug-likeness (QED) is 0.638. The standard InChI is InChI=1S/C22H25N9O/c1-21-6-7-22(2,29-21)10-15(9-21)30(3)19-12-24-20(27-26-19)16-5-4-14(8-17(16)32)31-13-25-18(11-23)28-31/h4-5,8,12-13,15,29,32H,6-7,9-10H2,1-3H3/t15-,21-,22+. The van der Waals surface area contributed by atoms with Crippen molar-refractivity contribution in [2.75, 3.05) is 11.9 Å². The van der Waals surface area contributed by atoms with Gasteiger partial charge in [-0.3, -0.25) is 0 Å². The third kappa shape index (κ3) is 3.54. The van der Waals surface area contributed by atoms with E-state index in [4.69, 9.17) is 5.26 Å². The zero-order chi connectivity index (χ0) is 22.5. The van der Waals surface area contributed by atoms with Crippen LogP contribution < -0.4 is 10.2 Å². The molecule has 1 aromatic carbocycles. The Kier molecular flexibility index (Phi) is 4.60. The van der Waals surface area contributed by atoms with Crippen LogP contribution in [0.25, 0.3) is 17.1 Å². The van der Waals surface area contributed by atoms with Crippen LogP contribution >= 0.6 is 0 Å². The molecule has 2 N–H and O–H groups in total. The highest BCUT2D eigenvalue weighted by atomic mass is 16.3. The number of hydrogen-bond donors (Lipinski definition) is 2. The van der Waals surface area contributed by atoms with Crippen LogP contribution in [0.2, 0.25) is 0 Å². The van der Waals surface area contributed by atoms with Gasteiger partial charge >= 0.3 is 0 Å². The molecule has 0 radical (unpaired) electrons. The van der Waals surface area contributed by atoms with E-state index in [0.29, 0.717) is 23.1 Å². The topological polar surface area (TPSA) is 129 Å². The second-order valence-corrected chi connectivity index (χ2v) is 9.39. The van der Waals surface area contributed by atoms with Gasteiger partial charge in [0.25, 0.3) is 5.82 Å². The minimum atomic E-state index is -0.00445. The summed E-state index contributed by atoms with van der Waals surface area (Å²) in [5.74, 6) is 1.11. The predicted molar refractivity (Wildman–Crippen MR) is 117 cm³/mol. The fourth-order valence-corrected chi connectivity index (χ4v) is 5.13. The van der Waals surface area contributed by atoms with Crippen molar-refractivity contribution in [2.45, 2.75) is 56.7 Å². The van der Waals surface area contributed by atoms with Crippen LogP contribution in [0, 0.1) is 11.3 Å². The number of nitrogens with one attached hydrogen (secondary N) is 1. The Bertz CT molecular complexity index is 1180. The number of hydrogen-bond acceptors (Lipinski definition) is 9. The number of nitrogens with zero attached hydrogens (tertiary/aromatic N) is 8. The van der Waals surface area contributed by atoms with E-state index in [1.54, 1.807) is 18.3 Å². The average Bonchev–Trinajstić information content (AvgIpc) is 3.34. The molecule has 10 nitrogen and oxygen atoms in total. The van der Waals surface area contributed by atoms with Crippen molar-refractivity contribution in [2.24, 2.45) is 0 Å². The van der Waals surface area contributed by atoms with Crippen molar-refractivity contribution < 1.29 is 5.11 Å². The molecule has 4 heterocycles. The maximum Gasteiger partial charge on any atom is 0.252 e. The van der Waals surface area contributed by atoms with Crippen LogP contribution in [0.3, 0.4) is 0 Å². The van der Waals surface area contributed by atoms with Crippen LogP contribution in [-0.4, -0.2) is 59.2 Å². The molecule has 32 heavy (non-hydrogen) atoms. The summed E-state index contributed by atoms with van der Waals surface area (Å²) in [6.45, 7) is 4.61. The first-order valence-corrected chi connectivity index (χ1v) is 10.6. The Morgan fingerprint density at radius 2 is 1.94 bits per heavy atom. The number of phenols is 1. The summed E-state index contributed by atoms with van der Waals surface area (Å²) in [7, 11) is 2.05. The van der Waals surface area contributed by atoms with Gasteiger partial charge in [-0.15, -0.1) is 15.3 Å². The van der Waals surface area contributed by atoms with Gasteiger partial charge < -0.3 is 15.3 Å². The van der Waals surface area contributed by atoms with Gasteiger partial charge in [-0.05, 0) is 51.7 Å². The van der Waals surface area contributed by atoms with Gasteiger partial charge in [0, 0.05) is 30.2 Å². The number of piperidine rings is 1. The molecule has 2 saturated heterocycles. The minimum Gasteiger partial charge on any atom is -0.507 e. The average molecular weight is 432 g/mol. The number of rotatable bonds is 4. The second kappa shape index (κ2) is 7.24. The van der Waals surface area contributed by atoms with Gasteiger partial charge in [0.05, 0.1) is 17.4 Å². The third-order valence-electron chi connectivity index (χ3n) is 6.74. The summed E-state index contributed by atoms with van der Waals surface area (Å²) in [5.41, 5.74) is 1.37. The van der Waals surface area contributed by atoms with Gasteiger partial charge in [0.2, 0.25) is 0 Å². The smallest absolute Gasteiger partial charge is 0.252 e. The lowest BCUT2D eigenvalue weighted by atomic mass is 9.84. The molecule has 5 rings (SSSR count). The molecule has 0 aliphatic carbocycles. The summed E-state index contributed by atoms with van der Waals surface area (Å²) in [4.78, 5) is 10.5. The zero-order valence-corrected chi connectivity index (χ0v) is 18.3. The van der Waals surface area contributed by atoms with Crippen molar-refractivity contribution >= 4 is 5.82 Å². The summed E-state index contributed by atoms with van der Waals surface area (Å²) in [6.07, 6.45) is 7.63. The highest BCUT2D eigenvalue weighted by molar-refractivity contribution is 5.66. The number of anilines is 1. The molecule has 3 atom stereocenters. The molecule has 0 saturated carbocycles. The Morgan fingerprint density at radius 1 is 1.19 bits per heavy atom. The van der Waals surface area contributed by atoms with Gasteiger partial charge in [-0.25, -0.2) is 14.6 Å². The van der Waals surface area contributed by atoms with Crippen LogP contribution in [0.15, 0.2) is 30.7 Å². The first kappa shape index (κ1) is 20.3. The number of benzene rings is 1. The van der Waals surface area contributed by atoms with Gasteiger partial charge in [-0.1, -0.05) is 0 Å². The molecule has 2 aliphatic rings. The first-order valence-electron chi connectivity index (χ1n) is 10.6. The summed E-state index contributed by atoms with van der Waals surface area (Å²) >= 11 is 0. The Hall–Kier alpha value is -3.58. The number of phenolic OH excluding ortho intramolecular Hbond substituents is 1. The second-order valence-electron chi connectivity index (χ2n) is 9.39. The molecule has 2 bridgehead atoms. The number of aromatic nitrogens is 6. The van der Waals surface area contributed by atoms with Crippen molar-refractivity contribution in [3.8, 4) is 28.9 Å². The molecule has 2 aliphatic heterocycles. The molecule has 0 unspecified atom stereocenters. The monoisotopic (exact) mass is 431 g/mol. The van der Waals surface area contributed by atoms with Crippen molar-refractivity contribution in [3.63, 3.8) is 0 Å². The summed E-state index contributed by atoms with van der Waals surface area (Å²) in [5, 5.41) is 35.9. The molecule has 2 fully saturated rings. The molecular weight excluding hydrogens is 406 g/mol. The number of aromatic hydroxyl groups is 1. The van der Waals surface area contributed by atoms with E-state index in [2.05, 4.69) is 49.3 Å². The largest absolute Gasteiger partial charge is 0.507 e. The predicted octanol–water partition coefficient (Wildman–Crippen LogP) is 2.20. The summed E-state index contributed by atoms with van der Waals surface area (Å²) < 4.78 is 1.42. The van der Waals surface area contributed by atoms with Crippen LogP contribution in [-0.2, 0) is 0 Å². The molecule has 0 amide bonds. The van der Waals surface area contributed by atoms with Crippen molar-refractivity contribution in [1.29, 1.82) is 5.26 Å². The zero-order valence-electron chi connectivity index (χ0n) is 18.3. The Morgan fingerprint density at radius 3 is 2.53 bits per heavy atom. The first-order chi connectivity index (χ1) is 15.3. The van der Waals surface area contributed by atoms with Crippen molar-refractivity contribution in [3.05, 3.63) is 36.5 Å². The van der Waals surface area contributed by atoms with Crippen molar-refractivity contribution in [1.82, 2.24) is 35.3 Å². The lowest BCUT2D eigenvalue weighted by Gasteiger charge is -2.45. The Balaban J connectivity index is 1.35. The van der Waals surface area contributed by atoms with E-state index in [1.165, 1.54) is 29.9 Å². The maximum atomic E-state index is 10.5. The van der Waals surface area contributed by atoms with Gasteiger partial charge in [0.1, 0.15) is 18.1 Å². The van der Waals surface area contributed by atoms with Crippen LogP contribution in [0.5, 0.6) is 5.75 Å². The van der Waals surface area contributed by atoms with E-state index in [-0.39, 0.29) is 22.7 Å². The van der Waals surface area contributed by atoms with Crippen LogP contribution in [0.4, 0.5) is 5.82 Å². The van der Waals surface area contributed by atoms with E-state index in [9.17, 15) is 5.11 Å². The Labute approximate surface area is 185 Å². The number of nitriles is 1. The number of fused-ring (bicyclic) bond motifs is 2. The minimum absolute atomic E-state index is 0.00445. The third-order valence-corrected chi connectivity index (χ3v) is 6.74. The lowest BCUT2D eigenvalue weighted by Crippen LogP contribution is -2.58. The molecule has 2 aromatic heterocycles. The normalized spacial score (nSPS) is 26.6. The lowest BCUT2D eigenvalue weighted by molar-refractivity contribution is 0.207. The molecule has 3 aromatic rings. The van der Waals surface area contributed by atoms with Crippen LogP contribution in [0.1, 0.15) is 45.4 Å². The summed E-state index contributed by atoms with van der Waals surface area (Å²) in [6, 6.07) is 7.22. The van der Waals surface area contributed by atoms with E-state index in [0.717, 1.165) is 18.7 Å². The fraction of sp³-hybridized carbons (Fsp3) is 0.455. The molecule has 0 spiro atoms. The maximum absolute atomic E-state index is 10.5. The van der Waals surface area contributed by atoms with E-state index in [1.807, 2.05) is 13.1 Å². The molecule has 10 heteroatoms. The van der Waals surface area contributed by atoms with E-state index >= 15 is 0 Å². The molecular formula is C22H25N9O. The molecule has 164 valence electrons. The fourth-order valence-electron chi connectivity index (χ4n) is 5.13. The van der Waals surface area contributed by atoms with Gasteiger partial charge in [-0.2, -0.15) is 5.26 Å². The highest BCUT2D eigenvalue weighted by Crippen LogP contribution is 2.43.